The Labute approximate surface area is 77.9 Å². The van der Waals surface area contributed by atoms with Crippen LogP contribution in [0.15, 0.2) is 30.3 Å². The van der Waals surface area contributed by atoms with Gasteiger partial charge >= 0.3 is 5.97 Å². The van der Waals surface area contributed by atoms with Gasteiger partial charge in [-0.3, -0.25) is 0 Å². The number of hydrogen-bond donors (Lipinski definition) is 0. The van der Waals surface area contributed by atoms with E-state index < -0.39 is 0 Å². The van der Waals surface area contributed by atoms with Crippen molar-refractivity contribution in [3.05, 3.63) is 30.3 Å². The maximum atomic E-state index is 11.2. The van der Waals surface area contributed by atoms with E-state index in [0.717, 1.165) is 0 Å². The van der Waals surface area contributed by atoms with Gasteiger partial charge in [0, 0.05) is 0 Å². The van der Waals surface area contributed by atoms with Crippen LogP contribution in [0.5, 0.6) is 5.75 Å². The minimum Gasteiger partial charge on any atom is -0.422 e. The molecule has 0 atom stereocenters. The fourth-order valence-electron chi connectivity index (χ4n) is 0.910. The first kappa shape index (κ1) is 9.74. The molecule has 0 aromatic heterocycles. The highest BCUT2D eigenvalue weighted by molar-refractivity contribution is 5.74. The van der Waals surface area contributed by atoms with Crippen molar-refractivity contribution < 1.29 is 9.53 Å². The summed E-state index contributed by atoms with van der Waals surface area (Å²) in [5, 5.41) is 0. The smallest absolute Gasteiger partial charge is 0.372 e. The predicted molar refractivity (Wildman–Crippen MR) is 50.9 cm³/mol. The number of rotatable bonds is 3. The molecule has 3 heteroatoms. The molecular formula is C10H13NO2+. The highest BCUT2D eigenvalue weighted by Gasteiger charge is 2.11. The average molecular weight is 179 g/mol. The second-order valence-electron chi connectivity index (χ2n) is 3.02. The number of carbonyl (C=O) groups excluding carboxylic acids is 1. The third kappa shape index (κ3) is 3.71. The van der Waals surface area contributed by atoms with E-state index >= 15 is 0 Å². The molecular weight excluding hydrogens is 166 g/mol. The van der Waals surface area contributed by atoms with Gasteiger partial charge in [-0.25, -0.2) is 4.79 Å². The number of likely N-dealkylation sites (N-methyl/N-ethyl adjacent to an activating group) is 1. The second kappa shape index (κ2) is 4.62. The highest BCUT2D eigenvalue weighted by atomic mass is 16.5. The van der Waals surface area contributed by atoms with Crippen LogP contribution in [0.1, 0.15) is 0 Å². The number of nitrogens with zero attached hydrogens (tertiary/aromatic N) is 1. The van der Waals surface area contributed by atoms with Gasteiger partial charge in [-0.1, -0.05) is 18.2 Å². The molecule has 0 aliphatic rings. The molecule has 0 amide bonds. The van der Waals surface area contributed by atoms with E-state index in [1.807, 2.05) is 32.3 Å². The summed E-state index contributed by atoms with van der Waals surface area (Å²) in [6, 6.07) is 9.06. The molecule has 1 aromatic carbocycles. The highest BCUT2D eigenvalue weighted by Crippen LogP contribution is 2.07. The molecule has 0 heterocycles. The van der Waals surface area contributed by atoms with Crippen molar-refractivity contribution in [2.24, 2.45) is 0 Å². The zero-order valence-electron chi connectivity index (χ0n) is 7.86. The minimum atomic E-state index is -0.240. The first-order valence-electron chi connectivity index (χ1n) is 4.09. The fourth-order valence-corrected chi connectivity index (χ4v) is 0.910. The Hall–Kier alpha value is -1.35. The molecule has 0 N–H and O–H groups in total. The Bertz CT molecular complexity index is 270. The molecule has 0 bridgehead atoms. The molecule has 1 aromatic rings. The van der Waals surface area contributed by atoms with Gasteiger partial charge in [-0.15, -0.1) is 0 Å². The molecule has 1 rings (SSSR count). The zero-order valence-corrected chi connectivity index (χ0v) is 7.86. The lowest BCUT2D eigenvalue weighted by Gasteiger charge is -2.02. The van der Waals surface area contributed by atoms with Crippen molar-refractivity contribution in [1.29, 1.82) is 0 Å². The summed E-state index contributed by atoms with van der Waals surface area (Å²) in [5.74, 6) is 0.352. The molecule has 0 spiro atoms. The van der Waals surface area contributed by atoms with Gasteiger partial charge in [0.2, 0.25) is 6.54 Å². The van der Waals surface area contributed by atoms with Gasteiger partial charge in [0.15, 0.2) is 0 Å². The number of benzene rings is 1. The molecule has 0 aliphatic heterocycles. The lowest BCUT2D eigenvalue weighted by atomic mass is 10.3. The predicted octanol–water partition coefficient (Wildman–Crippen LogP) is 0.992. The molecule has 13 heavy (non-hydrogen) atoms. The summed E-state index contributed by atoms with van der Waals surface area (Å²) >= 11 is 0. The van der Waals surface area contributed by atoms with Gasteiger partial charge in [0.25, 0.3) is 0 Å². The molecule has 0 fully saturated rings. The lowest BCUT2D eigenvalue weighted by molar-refractivity contribution is -0.134. The van der Waals surface area contributed by atoms with Gasteiger partial charge < -0.3 is 4.74 Å². The maximum absolute atomic E-state index is 11.2. The number of carbonyl (C=O) groups is 1. The van der Waals surface area contributed by atoms with Gasteiger partial charge in [-0.2, -0.15) is 4.90 Å². The van der Waals surface area contributed by atoms with Crippen LogP contribution in [-0.2, 0) is 4.79 Å². The minimum absolute atomic E-state index is 0.240. The number of para-hydroxylation sites is 1. The average Bonchev–Trinajstić information content (AvgIpc) is 2.04. The van der Waals surface area contributed by atoms with Crippen LogP contribution in [0.2, 0.25) is 0 Å². The number of esters is 1. The van der Waals surface area contributed by atoms with E-state index in [1.54, 1.807) is 17.0 Å². The maximum Gasteiger partial charge on any atom is 0.372 e. The van der Waals surface area contributed by atoms with Crippen LogP contribution >= 0.6 is 0 Å². The molecule has 0 unspecified atom stereocenters. The molecule has 0 aliphatic carbocycles. The van der Waals surface area contributed by atoms with Crippen molar-refractivity contribution in [2.75, 3.05) is 20.6 Å². The van der Waals surface area contributed by atoms with E-state index in [1.165, 1.54) is 0 Å². The first-order chi connectivity index (χ1) is 6.18. The third-order valence-electron chi connectivity index (χ3n) is 1.42. The summed E-state index contributed by atoms with van der Waals surface area (Å²) < 4.78 is 5.04. The van der Waals surface area contributed by atoms with Gasteiger partial charge in [-0.05, 0) is 12.1 Å². The van der Waals surface area contributed by atoms with Crippen LogP contribution in [0.3, 0.4) is 0 Å². The normalized spacial score (nSPS) is 10.1. The van der Waals surface area contributed by atoms with Crippen LogP contribution in [-0.4, -0.2) is 26.6 Å². The Morgan fingerprint density at radius 2 is 1.92 bits per heavy atom. The summed E-state index contributed by atoms with van der Waals surface area (Å²) in [7, 11) is 3.65. The molecule has 3 nitrogen and oxygen atoms in total. The summed E-state index contributed by atoms with van der Waals surface area (Å²) in [6.07, 6.45) is 0. The van der Waals surface area contributed by atoms with E-state index in [9.17, 15) is 4.79 Å². The number of hydrogen-bond acceptors (Lipinski definition) is 3. The van der Waals surface area contributed by atoms with Crippen molar-refractivity contribution in [1.82, 2.24) is 4.90 Å². The topological polar surface area (TPSA) is 32.2 Å². The van der Waals surface area contributed by atoms with E-state index in [-0.39, 0.29) is 5.97 Å². The summed E-state index contributed by atoms with van der Waals surface area (Å²) in [4.78, 5) is 12.9. The van der Waals surface area contributed by atoms with Crippen molar-refractivity contribution >= 4 is 5.97 Å². The van der Waals surface area contributed by atoms with Crippen LogP contribution < -0.4 is 9.64 Å². The van der Waals surface area contributed by atoms with Crippen LogP contribution in [0.25, 0.3) is 0 Å². The van der Waals surface area contributed by atoms with Crippen molar-refractivity contribution in [2.45, 2.75) is 0 Å². The summed E-state index contributed by atoms with van der Waals surface area (Å²) in [6.45, 7) is 0.300. The molecule has 1 radical (unpaired) electrons. The first-order valence-corrected chi connectivity index (χ1v) is 4.09. The monoisotopic (exact) mass is 179 g/mol. The Balaban J connectivity index is 2.46. The molecule has 0 saturated heterocycles. The lowest BCUT2D eigenvalue weighted by Crippen LogP contribution is -2.29. The van der Waals surface area contributed by atoms with Crippen LogP contribution in [0.4, 0.5) is 0 Å². The summed E-state index contributed by atoms with van der Waals surface area (Å²) in [5.41, 5.74) is 0. The number of ether oxygens (including phenoxy) is 1. The zero-order chi connectivity index (χ0) is 9.68. The van der Waals surface area contributed by atoms with E-state index in [2.05, 4.69) is 0 Å². The standard InChI is InChI=1S/C10H13NO2/c1-11(2)8-10(12)13-9-6-4-3-5-7-9/h3-7H,8H2,1-2H3/q+1. The largest absolute Gasteiger partial charge is 0.422 e. The van der Waals surface area contributed by atoms with Crippen molar-refractivity contribution in [3.8, 4) is 5.75 Å². The quantitative estimate of drug-likeness (QED) is 0.394. The Morgan fingerprint density at radius 1 is 1.31 bits per heavy atom. The molecule has 69 valence electrons. The van der Waals surface area contributed by atoms with Crippen LogP contribution in [0, 0.1) is 0 Å². The Kier molecular flexibility index (Phi) is 3.46. The van der Waals surface area contributed by atoms with Gasteiger partial charge in [0.05, 0.1) is 0 Å². The van der Waals surface area contributed by atoms with Gasteiger partial charge in [0.1, 0.15) is 19.8 Å². The SMILES string of the molecule is C[N+](C)CC(=O)Oc1ccccc1. The Morgan fingerprint density at radius 3 is 2.46 bits per heavy atom. The third-order valence-corrected chi connectivity index (χ3v) is 1.42. The van der Waals surface area contributed by atoms with E-state index in [0.29, 0.717) is 12.3 Å². The van der Waals surface area contributed by atoms with Crippen molar-refractivity contribution in [3.63, 3.8) is 0 Å². The second-order valence-corrected chi connectivity index (χ2v) is 3.02. The fraction of sp³-hybridized carbons (Fsp3) is 0.300. The van der Waals surface area contributed by atoms with E-state index in [4.69, 9.17) is 4.74 Å². The molecule has 0 saturated carbocycles.